The van der Waals surface area contributed by atoms with Gasteiger partial charge in [0.25, 0.3) is 0 Å². The van der Waals surface area contributed by atoms with Crippen molar-refractivity contribution in [2.75, 3.05) is 13.7 Å². The minimum absolute atomic E-state index is 0.0995. The number of nitrogens with one attached hydrogen (secondary N) is 1. The van der Waals surface area contributed by atoms with Gasteiger partial charge in [-0.05, 0) is 12.3 Å². The average Bonchev–Trinajstić information content (AvgIpc) is 2.75. The predicted octanol–water partition coefficient (Wildman–Crippen LogP) is 1.59. The first-order valence-electron chi connectivity index (χ1n) is 6.85. The zero-order valence-electron chi connectivity index (χ0n) is 12.0. The molecule has 2 fully saturated rings. The predicted molar refractivity (Wildman–Crippen MR) is 69.2 cm³/mol. The summed E-state index contributed by atoms with van der Waals surface area (Å²) in [6, 6.07) is 0.123. The van der Waals surface area contributed by atoms with E-state index in [0.717, 1.165) is 13.0 Å². The maximum atomic E-state index is 11.8. The maximum absolute atomic E-state index is 11.8. The van der Waals surface area contributed by atoms with Gasteiger partial charge in [-0.3, -0.25) is 4.79 Å². The summed E-state index contributed by atoms with van der Waals surface area (Å²) in [5.41, 5.74) is 0.0995. The lowest BCUT2D eigenvalue weighted by Gasteiger charge is -2.55. The van der Waals surface area contributed by atoms with Crippen LogP contribution >= 0.6 is 0 Å². The number of carbonyl (C=O) groups is 1. The van der Waals surface area contributed by atoms with Crippen molar-refractivity contribution in [2.45, 2.75) is 52.3 Å². The number of rotatable bonds is 4. The highest BCUT2D eigenvalue weighted by Gasteiger charge is 2.59. The van der Waals surface area contributed by atoms with Crippen molar-refractivity contribution in [3.63, 3.8) is 0 Å². The van der Waals surface area contributed by atoms with Crippen molar-refractivity contribution in [1.82, 2.24) is 5.32 Å². The molecule has 1 saturated carbocycles. The largest absolute Gasteiger partial charge is 0.468 e. The van der Waals surface area contributed by atoms with E-state index in [4.69, 9.17) is 9.47 Å². The highest BCUT2D eigenvalue weighted by atomic mass is 16.5. The molecule has 0 bridgehead atoms. The molecule has 1 heterocycles. The molecule has 4 heteroatoms. The Hall–Kier alpha value is -0.610. The second kappa shape index (κ2) is 4.82. The van der Waals surface area contributed by atoms with Crippen LogP contribution in [0.4, 0.5) is 0 Å². The van der Waals surface area contributed by atoms with E-state index < -0.39 is 0 Å². The monoisotopic (exact) mass is 255 g/mol. The molecule has 1 aliphatic heterocycles. The smallest absolute Gasteiger partial charge is 0.323 e. The molecule has 1 N–H and O–H groups in total. The Labute approximate surface area is 109 Å². The number of methoxy groups -OCH3 is 1. The molecule has 0 spiro atoms. The zero-order valence-corrected chi connectivity index (χ0v) is 12.0. The molecule has 0 radical (unpaired) electrons. The first kappa shape index (κ1) is 13.8. The lowest BCUT2D eigenvalue weighted by molar-refractivity contribution is -0.150. The zero-order chi connectivity index (χ0) is 13.5. The van der Waals surface area contributed by atoms with Crippen molar-refractivity contribution in [2.24, 2.45) is 17.3 Å². The van der Waals surface area contributed by atoms with Crippen LogP contribution in [0, 0.1) is 17.3 Å². The van der Waals surface area contributed by atoms with E-state index in [-0.39, 0.29) is 23.3 Å². The second-order valence-corrected chi connectivity index (χ2v) is 6.45. The van der Waals surface area contributed by atoms with Gasteiger partial charge in [0.2, 0.25) is 0 Å². The Kier molecular flexibility index (Phi) is 3.70. The minimum Gasteiger partial charge on any atom is -0.468 e. The van der Waals surface area contributed by atoms with Gasteiger partial charge in [0.05, 0.1) is 13.2 Å². The van der Waals surface area contributed by atoms with Crippen molar-refractivity contribution in [1.29, 1.82) is 0 Å². The van der Waals surface area contributed by atoms with Crippen LogP contribution < -0.4 is 5.32 Å². The third-order valence-electron chi connectivity index (χ3n) is 4.58. The maximum Gasteiger partial charge on any atom is 0.323 e. The molecule has 4 unspecified atom stereocenters. The van der Waals surface area contributed by atoms with E-state index in [1.54, 1.807) is 0 Å². The SMILES string of the molecule is COC(=O)C(NC1C2CCOC2C1(C)C)C(C)C. The number of fused-ring (bicyclic) bond motifs is 1. The van der Waals surface area contributed by atoms with Crippen LogP contribution in [-0.2, 0) is 14.3 Å². The summed E-state index contributed by atoms with van der Waals surface area (Å²) in [7, 11) is 1.45. The standard InChI is InChI=1S/C14H25NO3/c1-8(2)10(13(16)17-5)15-11-9-6-7-18-12(9)14(11,3)4/h8-12,15H,6-7H2,1-5H3. The van der Waals surface area contributed by atoms with Gasteiger partial charge in [0.15, 0.2) is 0 Å². The summed E-state index contributed by atoms with van der Waals surface area (Å²) in [5.74, 6) is 0.615. The highest BCUT2D eigenvalue weighted by molar-refractivity contribution is 5.76. The van der Waals surface area contributed by atoms with Crippen LogP contribution in [0.3, 0.4) is 0 Å². The van der Waals surface area contributed by atoms with Gasteiger partial charge >= 0.3 is 5.97 Å². The van der Waals surface area contributed by atoms with Crippen LogP contribution in [0.15, 0.2) is 0 Å². The lowest BCUT2D eigenvalue weighted by atomic mass is 9.57. The van der Waals surface area contributed by atoms with Crippen molar-refractivity contribution in [3.05, 3.63) is 0 Å². The van der Waals surface area contributed by atoms with Crippen molar-refractivity contribution < 1.29 is 14.3 Å². The number of carbonyl (C=O) groups excluding carboxylic acids is 1. The van der Waals surface area contributed by atoms with Gasteiger partial charge in [-0.25, -0.2) is 0 Å². The number of hydrogen-bond donors (Lipinski definition) is 1. The van der Waals surface area contributed by atoms with Crippen LogP contribution in [0.2, 0.25) is 0 Å². The fraction of sp³-hybridized carbons (Fsp3) is 0.929. The van der Waals surface area contributed by atoms with Gasteiger partial charge in [-0.2, -0.15) is 0 Å². The van der Waals surface area contributed by atoms with E-state index in [1.165, 1.54) is 7.11 Å². The number of esters is 1. The Balaban J connectivity index is 2.05. The third kappa shape index (κ3) is 2.05. The molecule has 2 rings (SSSR count). The summed E-state index contributed by atoms with van der Waals surface area (Å²) in [5, 5.41) is 3.51. The van der Waals surface area contributed by atoms with Crippen molar-refractivity contribution >= 4 is 5.97 Å². The first-order valence-corrected chi connectivity index (χ1v) is 6.85. The van der Waals surface area contributed by atoms with Crippen LogP contribution in [0.5, 0.6) is 0 Å². The molecule has 2 aliphatic rings. The molecule has 4 atom stereocenters. The molecule has 4 nitrogen and oxygen atoms in total. The molecule has 0 aromatic carbocycles. The fourth-order valence-electron chi connectivity index (χ4n) is 3.52. The summed E-state index contributed by atoms with van der Waals surface area (Å²) < 4.78 is 10.7. The van der Waals surface area contributed by atoms with Gasteiger partial charge in [0.1, 0.15) is 6.04 Å². The van der Waals surface area contributed by atoms with Gasteiger partial charge in [0, 0.05) is 24.0 Å². The van der Waals surface area contributed by atoms with E-state index >= 15 is 0 Å². The normalized spacial score (nSPS) is 34.9. The first-order chi connectivity index (χ1) is 8.39. The lowest BCUT2D eigenvalue weighted by Crippen LogP contribution is -2.68. The molecule has 1 aliphatic carbocycles. The molecule has 0 aromatic rings. The number of ether oxygens (including phenoxy) is 2. The van der Waals surface area contributed by atoms with E-state index in [9.17, 15) is 4.79 Å². The van der Waals surface area contributed by atoms with Crippen molar-refractivity contribution in [3.8, 4) is 0 Å². The van der Waals surface area contributed by atoms with Crippen LogP contribution in [-0.4, -0.2) is 37.9 Å². The van der Waals surface area contributed by atoms with Crippen LogP contribution in [0.25, 0.3) is 0 Å². The molecular weight excluding hydrogens is 230 g/mol. The second-order valence-electron chi connectivity index (χ2n) is 6.45. The Morgan fingerprint density at radius 2 is 2.11 bits per heavy atom. The van der Waals surface area contributed by atoms with Gasteiger partial charge in [-0.15, -0.1) is 0 Å². The van der Waals surface area contributed by atoms with Crippen LogP contribution in [0.1, 0.15) is 34.1 Å². The van der Waals surface area contributed by atoms with Gasteiger partial charge in [-0.1, -0.05) is 27.7 Å². The summed E-state index contributed by atoms with van der Waals surface area (Å²) >= 11 is 0. The quantitative estimate of drug-likeness (QED) is 0.775. The number of hydrogen-bond acceptors (Lipinski definition) is 4. The molecule has 1 saturated heterocycles. The van der Waals surface area contributed by atoms with E-state index in [2.05, 4.69) is 19.2 Å². The average molecular weight is 255 g/mol. The molecule has 0 aromatic heterocycles. The minimum atomic E-state index is -0.221. The Morgan fingerprint density at radius 1 is 1.44 bits per heavy atom. The fourth-order valence-corrected chi connectivity index (χ4v) is 3.52. The molecule has 0 amide bonds. The summed E-state index contributed by atoms with van der Waals surface area (Å²) in [6.07, 6.45) is 1.44. The summed E-state index contributed by atoms with van der Waals surface area (Å²) in [6.45, 7) is 9.37. The van der Waals surface area contributed by atoms with Gasteiger partial charge < -0.3 is 14.8 Å². The third-order valence-corrected chi connectivity index (χ3v) is 4.58. The van der Waals surface area contributed by atoms with E-state index in [1.807, 2.05) is 13.8 Å². The molecule has 104 valence electrons. The summed E-state index contributed by atoms with van der Waals surface area (Å²) in [4.78, 5) is 11.8. The van der Waals surface area contributed by atoms with E-state index in [0.29, 0.717) is 18.1 Å². The Morgan fingerprint density at radius 3 is 2.67 bits per heavy atom. The molecular formula is C14H25NO3. The molecule has 18 heavy (non-hydrogen) atoms. The topological polar surface area (TPSA) is 47.6 Å². The highest BCUT2D eigenvalue weighted by Crippen LogP contribution is 2.52. The Bertz CT molecular complexity index is 327.